The van der Waals surface area contributed by atoms with Gasteiger partial charge in [-0.2, -0.15) is 0 Å². The van der Waals surface area contributed by atoms with Gasteiger partial charge in [-0.05, 0) is 12.8 Å². The van der Waals surface area contributed by atoms with Crippen LogP contribution in [0, 0.1) is 0 Å². The Hall–Kier alpha value is -0.810. The highest BCUT2D eigenvalue weighted by molar-refractivity contribution is 5.76. The van der Waals surface area contributed by atoms with Crippen molar-refractivity contribution in [2.75, 3.05) is 13.2 Å². The van der Waals surface area contributed by atoms with E-state index in [-0.39, 0.29) is 12.5 Å². The molecule has 0 bridgehead atoms. The molecule has 328 valence electrons. The molecule has 7 atom stereocenters. The highest BCUT2D eigenvalue weighted by Crippen LogP contribution is 2.23. The Morgan fingerprint density at radius 1 is 0.545 bits per heavy atom. The Morgan fingerprint density at radius 2 is 0.909 bits per heavy atom. The van der Waals surface area contributed by atoms with E-state index in [1.807, 2.05) is 0 Å². The van der Waals surface area contributed by atoms with Gasteiger partial charge in [0.15, 0.2) is 6.29 Å². The van der Waals surface area contributed by atoms with E-state index in [9.17, 15) is 30.3 Å². The lowest BCUT2D eigenvalue weighted by atomic mass is 9.99. The van der Waals surface area contributed by atoms with Gasteiger partial charge in [-0.25, -0.2) is 0 Å². The lowest BCUT2D eigenvalue weighted by Crippen LogP contribution is -2.60. The molecule has 1 aliphatic heterocycles. The van der Waals surface area contributed by atoms with Gasteiger partial charge in [0, 0.05) is 6.42 Å². The molecule has 1 amide bonds. The average molecular weight is 786 g/mol. The quantitative estimate of drug-likeness (QED) is 0.0337. The average Bonchev–Trinajstić information content (AvgIpc) is 3.18. The number of amides is 1. The summed E-state index contributed by atoms with van der Waals surface area (Å²) in [7, 11) is 0. The number of carbonyl (C=O) groups excluding carboxylic acids is 1. The van der Waals surface area contributed by atoms with Crippen LogP contribution in [-0.4, -0.2) is 87.5 Å². The monoisotopic (exact) mass is 786 g/mol. The number of unbranched alkanes of at least 4 members (excludes halogenated alkanes) is 30. The summed E-state index contributed by atoms with van der Waals surface area (Å²) in [6.45, 7) is 3.85. The first kappa shape index (κ1) is 52.2. The second kappa shape index (κ2) is 37.5. The third-order valence-electron chi connectivity index (χ3n) is 11.7. The first-order valence-electron chi connectivity index (χ1n) is 23.7. The Morgan fingerprint density at radius 3 is 1.29 bits per heavy atom. The molecule has 0 aromatic carbocycles. The molecule has 1 heterocycles. The SMILES string of the molecule is CCCCCCCCCCCCCCCCCCCCCC(=O)N[C@@H](CO[C@H]1O[C@@H](CO)[C@H](O)C(O)C1O)[C@H](O)CCCCCCCCCCCCCCC. The van der Waals surface area contributed by atoms with Crippen LogP contribution in [0.2, 0.25) is 0 Å². The van der Waals surface area contributed by atoms with E-state index in [1.54, 1.807) is 0 Å². The number of rotatable bonds is 40. The second-order valence-corrected chi connectivity index (χ2v) is 16.9. The van der Waals surface area contributed by atoms with E-state index in [0.717, 1.165) is 38.5 Å². The van der Waals surface area contributed by atoms with Gasteiger partial charge in [0.1, 0.15) is 24.4 Å². The summed E-state index contributed by atoms with van der Waals surface area (Å²) in [5.74, 6) is -0.140. The number of aliphatic hydroxyl groups excluding tert-OH is 5. The van der Waals surface area contributed by atoms with Gasteiger partial charge in [0.25, 0.3) is 0 Å². The van der Waals surface area contributed by atoms with Crippen molar-refractivity contribution < 1.29 is 39.8 Å². The molecule has 1 aliphatic rings. The fraction of sp³-hybridized carbons (Fsp3) is 0.978. The number of nitrogens with one attached hydrogen (secondary N) is 1. The van der Waals surface area contributed by atoms with E-state index < -0.39 is 49.5 Å². The number of ether oxygens (including phenoxy) is 2. The van der Waals surface area contributed by atoms with Crippen molar-refractivity contribution in [1.82, 2.24) is 5.32 Å². The minimum atomic E-state index is -1.55. The van der Waals surface area contributed by atoms with Crippen LogP contribution in [0.15, 0.2) is 0 Å². The van der Waals surface area contributed by atoms with Crippen molar-refractivity contribution in [3.05, 3.63) is 0 Å². The van der Waals surface area contributed by atoms with Crippen molar-refractivity contribution in [2.24, 2.45) is 0 Å². The Labute approximate surface area is 338 Å². The van der Waals surface area contributed by atoms with Crippen LogP contribution < -0.4 is 5.32 Å². The molecule has 1 rings (SSSR count). The van der Waals surface area contributed by atoms with Crippen LogP contribution >= 0.6 is 0 Å². The van der Waals surface area contributed by atoms with Gasteiger partial charge >= 0.3 is 0 Å². The number of carbonyl (C=O) groups is 1. The zero-order chi connectivity index (χ0) is 40.2. The maximum atomic E-state index is 13.0. The minimum absolute atomic E-state index is 0.132. The van der Waals surface area contributed by atoms with Crippen molar-refractivity contribution in [3.8, 4) is 0 Å². The Balaban J connectivity index is 2.28. The molecule has 0 aliphatic carbocycles. The Bertz CT molecular complexity index is 832. The van der Waals surface area contributed by atoms with E-state index in [1.165, 1.54) is 167 Å². The molecule has 6 N–H and O–H groups in total. The molecule has 55 heavy (non-hydrogen) atoms. The summed E-state index contributed by atoms with van der Waals surface area (Å²) in [5.41, 5.74) is 0. The summed E-state index contributed by atoms with van der Waals surface area (Å²) in [5, 5.41) is 54.3. The molecular weight excluding hydrogens is 695 g/mol. The topological polar surface area (TPSA) is 149 Å². The highest BCUT2D eigenvalue weighted by atomic mass is 16.7. The third-order valence-corrected chi connectivity index (χ3v) is 11.7. The number of aliphatic hydroxyl groups is 5. The van der Waals surface area contributed by atoms with Crippen molar-refractivity contribution in [2.45, 2.75) is 275 Å². The van der Waals surface area contributed by atoms with E-state index in [2.05, 4.69) is 19.2 Å². The summed E-state index contributed by atoms with van der Waals surface area (Å²) < 4.78 is 11.3. The van der Waals surface area contributed by atoms with Crippen LogP contribution in [0.4, 0.5) is 0 Å². The van der Waals surface area contributed by atoms with Gasteiger partial charge in [-0.1, -0.05) is 213 Å². The van der Waals surface area contributed by atoms with Crippen LogP contribution in [0.3, 0.4) is 0 Å². The van der Waals surface area contributed by atoms with Crippen molar-refractivity contribution in [1.29, 1.82) is 0 Å². The fourth-order valence-electron chi connectivity index (χ4n) is 7.87. The summed E-state index contributed by atoms with van der Waals surface area (Å²) in [6.07, 6.45) is 33.9. The van der Waals surface area contributed by atoms with Gasteiger partial charge in [-0.3, -0.25) is 4.79 Å². The predicted molar refractivity (Wildman–Crippen MR) is 226 cm³/mol. The van der Waals surface area contributed by atoms with Crippen LogP contribution in [0.25, 0.3) is 0 Å². The first-order chi connectivity index (χ1) is 26.8. The molecule has 0 aromatic rings. The van der Waals surface area contributed by atoms with Crippen LogP contribution in [0.5, 0.6) is 0 Å². The molecule has 0 saturated carbocycles. The normalized spacial score (nSPS) is 21.2. The zero-order valence-corrected chi connectivity index (χ0v) is 36.0. The largest absolute Gasteiger partial charge is 0.394 e. The van der Waals surface area contributed by atoms with Crippen molar-refractivity contribution >= 4 is 5.91 Å². The molecule has 1 fully saturated rings. The number of hydrogen-bond donors (Lipinski definition) is 6. The van der Waals surface area contributed by atoms with E-state index in [0.29, 0.717) is 12.8 Å². The van der Waals surface area contributed by atoms with E-state index >= 15 is 0 Å². The molecular formula is C46H91NO8. The van der Waals surface area contributed by atoms with Crippen LogP contribution in [0.1, 0.15) is 232 Å². The molecule has 0 aromatic heterocycles. The molecule has 1 saturated heterocycles. The summed E-state index contributed by atoms with van der Waals surface area (Å²) in [4.78, 5) is 13.0. The van der Waals surface area contributed by atoms with Gasteiger partial charge in [-0.15, -0.1) is 0 Å². The zero-order valence-electron chi connectivity index (χ0n) is 36.0. The van der Waals surface area contributed by atoms with Crippen molar-refractivity contribution in [3.63, 3.8) is 0 Å². The Kier molecular flexibility index (Phi) is 35.6. The summed E-state index contributed by atoms with van der Waals surface area (Å²) >= 11 is 0. The lowest BCUT2D eigenvalue weighted by Gasteiger charge is -2.40. The maximum absolute atomic E-state index is 13.0. The number of hydrogen-bond acceptors (Lipinski definition) is 8. The summed E-state index contributed by atoms with van der Waals surface area (Å²) in [6, 6.07) is -0.711. The maximum Gasteiger partial charge on any atom is 0.220 e. The minimum Gasteiger partial charge on any atom is -0.394 e. The van der Waals surface area contributed by atoms with E-state index in [4.69, 9.17) is 9.47 Å². The van der Waals surface area contributed by atoms with Gasteiger partial charge in [0.2, 0.25) is 5.91 Å². The highest BCUT2D eigenvalue weighted by Gasteiger charge is 2.44. The standard InChI is InChI=1S/C46H91NO8/c1-3-5-7-9-11-13-15-17-18-19-20-21-22-24-26-28-30-32-34-36-42(50)47-39(38-54-46-45(53)44(52)43(51)41(37-48)55-46)40(49)35-33-31-29-27-25-23-16-14-12-10-8-6-4-2/h39-41,43-46,48-49,51-53H,3-38H2,1-2H3,(H,47,50)/t39-,40+,41-,43-,44?,45?,46-/m0/s1. The lowest BCUT2D eigenvalue weighted by molar-refractivity contribution is -0.302. The smallest absolute Gasteiger partial charge is 0.220 e. The second-order valence-electron chi connectivity index (χ2n) is 16.9. The van der Waals surface area contributed by atoms with Gasteiger partial charge in [0.05, 0.1) is 25.4 Å². The molecule has 0 radical (unpaired) electrons. The molecule has 2 unspecified atom stereocenters. The molecule has 0 spiro atoms. The van der Waals surface area contributed by atoms with Crippen LogP contribution in [-0.2, 0) is 14.3 Å². The van der Waals surface area contributed by atoms with Gasteiger partial charge < -0.3 is 40.3 Å². The molecule has 9 heteroatoms. The fourth-order valence-corrected chi connectivity index (χ4v) is 7.87. The molecule has 9 nitrogen and oxygen atoms in total. The predicted octanol–water partition coefficient (Wildman–Crippen LogP) is 9.95. The first-order valence-corrected chi connectivity index (χ1v) is 23.7. The third kappa shape index (κ3) is 28.3.